The number of nitriles is 1. The Morgan fingerprint density at radius 3 is 2.68 bits per heavy atom. The Morgan fingerprint density at radius 1 is 1.22 bits per heavy atom. The van der Waals surface area contributed by atoms with Crippen LogP contribution >= 0.6 is 0 Å². The number of nitrogens with zero attached hydrogens (tertiary/aromatic N) is 4. The predicted molar refractivity (Wildman–Crippen MR) is 148 cm³/mol. The van der Waals surface area contributed by atoms with Gasteiger partial charge in [0.2, 0.25) is 5.95 Å². The highest BCUT2D eigenvalue weighted by atomic mass is 19.1. The molecule has 0 aliphatic rings. The molecule has 0 saturated carbocycles. The van der Waals surface area contributed by atoms with Gasteiger partial charge >= 0.3 is 0 Å². The van der Waals surface area contributed by atoms with Gasteiger partial charge in [-0.3, -0.25) is 4.79 Å². The lowest BCUT2D eigenvalue weighted by atomic mass is 10.0. The first-order valence-corrected chi connectivity index (χ1v) is 12.5. The van der Waals surface area contributed by atoms with Gasteiger partial charge in [-0.2, -0.15) is 14.8 Å². The number of aromatic nitrogens is 3. The molecule has 3 aromatic rings. The first-order valence-electron chi connectivity index (χ1n) is 12.5. The molecule has 0 unspecified atom stereocenters. The molecule has 2 aromatic heterocycles. The van der Waals surface area contributed by atoms with Crippen molar-refractivity contribution in [2.24, 2.45) is 0 Å². The summed E-state index contributed by atoms with van der Waals surface area (Å²) in [6, 6.07) is 10.8. The van der Waals surface area contributed by atoms with Crippen LogP contribution in [0.1, 0.15) is 32.3 Å². The van der Waals surface area contributed by atoms with Crippen LogP contribution < -0.4 is 16.2 Å². The van der Waals surface area contributed by atoms with Gasteiger partial charge in [-0.1, -0.05) is 50.8 Å². The molecule has 0 saturated heterocycles. The number of halogens is 1. The lowest BCUT2D eigenvalue weighted by Gasteiger charge is -2.14. The van der Waals surface area contributed by atoms with E-state index in [9.17, 15) is 10.1 Å². The van der Waals surface area contributed by atoms with E-state index in [1.54, 1.807) is 48.6 Å². The Morgan fingerprint density at radius 2 is 1.97 bits per heavy atom. The lowest BCUT2D eigenvalue weighted by molar-refractivity contribution is 0.584. The molecule has 0 aliphatic carbocycles. The number of fused-ring (bicyclic) bond motifs is 1. The summed E-state index contributed by atoms with van der Waals surface area (Å²) < 4.78 is 16.6. The van der Waals surface area contributed by atoms with E-state index < -0.39 is 5.95 Å². The minimum Gasteiger partial charge on any atom is -0.370 e. The van der Waals surface area contributed by atoms with E-state index in [1.165, 1.54) is 4.68 Å². The van der Waals surface area contributed by atoms with Gasteiger partial charge in [0, 0.05) is 17.5 Å². The molecule has 3 rings (SSSR count). The van der Waals surface area contributed by atoms with Crippen LogP contribution in [-0.4, -0.2) is 34.4 Å². The van der Waals surface area contributed by atoms with Crippen molar-refractivity contribution in [2.75, 3.05) is 25.0 Å². The van der Waals surface area contributed by atoms with Gasteiger partial charge in [0.1, 0.15) is 11.5 Å². The summed E-state index contributed by atoms with van der Waals surface area (Å²) in [7, 11) is 0. The zero-order valence-corrected chi connectivity index (χ0v) is 21.6. The zero-order chi connectivity index (χ0) is 26.8. The largest absolute Gasteiger partial charge is 0.370 e. The number of rotatable bonds is 12. The van der Waals surface area contributed by atoms with Gasteiger partial charge in [-0.25, -0.2) is 9.67 Å². The minimum atomic E-state index is -0.662. The molecule has 0 bridgehead atoms. The molecule has 0 radical (unpaired) electrons. The third-order valence-electron chi connectivity index (χ3n) is 5.77. The summed E-state index contributed by atoms with van der Waals surface area (Å²) in [5.41, 5.74) is 2.13. The topological polar surface area (TPSA) is 95.6 Å². The van der Waals surface area contributed by atoms with Crippen molar-refractivity contribution in [1.29, 1.82) is 5.26 Å². The average Bonchev–Trinajstić information content (AvgIpc) is 2.90. The van der Waals surface area contributed by atoms with Crippen LogP contribution in [0.25, 0.3) is 22.0 Å². The maximum Gasteiger partial charge on any atom is 0.274 e. The summed E-state index contributed by atoms with van der Waals surface area (Å²) in [4.78, 5) is 17.4. The van der Waals surface area contributed by atoms with E-state index in [-0.39, 0.29) is 17.7 Å². The lowest BCUT2D eigenvalue weighted by Crippen LogP contribution is -2.24. The molecule has 2 heterocycles. The highest BCUT2D eigenvalue weighted by Gasteiger charge is 2.18. The van der Waals surface area contributed by atoms with Crippen molar-refractivity contribution in [3.8, 4) is 17.3 Å². The second kappa shape index (κ2) is 13.3. The van der Waals surface area contributed by atoms with E-state index in [2.05, 4.69) is 40.3 Å². The number of allylic oxidation sites excluding steroid dienone is 5. The second-order valence-electron chi connectivity index (χ2n) is 8.65. The maximum absolute atomic E-state index is 15.3. The average molecular weight is 501 g/mol. The maximum atomic E-state index is 15.3. The molecule has 1 aromatic carbocycles. The number of pyridine rings is 1. The molecule has 0 aliphatic heterocycles. The SMILES string of the molecule is C=C(/C=C\C(C#N)=C/CC)Cn1nc(-c2cc(C)c(NCCCNCC)nc2F)c2ccccc2c1=O. The van der Waals surface area contributed by atoms with E-state index in [0.717, 1.165) is 31.5 Å². The third-order valence-corrected chi connectivity index (χ3v) is 5.77. The van der Waals surface area contributed by atoms with Crippen LogP contribution in [0.15, 0.2) is 71.1 Å². The van der Waals surface area contributed by atoms with Crippen molar-refractivity contribution in [1.82, 2.24) is 20.1 Å². The number of hydrogen-bond donors (Lipinski definition) is 2. The monoisotopic (exact) mass is 500 g/mol. The third kappa shape index (κ3) is 6.99. The second-order valence-corrected chi connectivity index (χ2v) is 8.65. The Hall–Kier alpha value is -4.09. The normalized spacial score (nSPS) is 11.7. The Bertz CT molecular complexity index is 1430. The molecule has 2 N–H and O–H groups in total. The van der Waals surface area contributed by atoms with Crippen LogP contribution in [-0.2, 0) is 6.54 Å². The molecular formula is C29H33FN6O. The predicted octanol–water partition coefficient (Wildman–Crippen LogP) is 5.29. The van der Waals surface area contributed by atoms with Crippen LogP contribution in [0.2, 0.25) is 0 Å². The van der Waals surface area contributed by atoms with Gasteiger partial charge in [0.25, 0.3) is 5.56 Å². The van der Waals surface area contributed by atoms with Crippen LogP contribution in [0, 0.1) is 24.2 Å². The molecule has 7 nitrogen and oxygen atoms in total. The smallest absolute Gasteiger partial charge is 0.274 e. The summed E-state index contributed by atoms with van der Waals surface area (Å²) >= 11 is 0. The first-order chi connectivity index (χ1) is 17.9. The molecular weight excluding hydrogens is 467 g/mol. The summed E-state index contributed by atoms with van der Waals surface area (Å²) in [5.74, 6) is -0.174. The fourth-order valence-electron chi connectivity index (χ4n) is 3.90. The van der Waals surface area contributed by atoms with E-state index >= 15 is 4.39 Å². The highest BCUT2D eigenvalue weighted by molar-refractivity contribution is 5.94. The molecule has 192 valence electrons. The Balaban J connectivity index is 1.98. The van der Waals surface area contributed by atoms with Crippen LogP contribution in [0.3, 0.4) is 0 Å². The standard InChI is InChI=1S/C29H33FN6O/c1-5-10-22(18-31)14-13-20(3)19-36-29(37)24-12-8-7-11-23(24)26(35-36)25-17-21(4)28(34-27(25)30)33-16-9-15-32-6-2/h7-8,10-14,17,32H,3,5-6,9,15-16,19H2,1-2,4H3,(H,33,34)/b14-13-,22-10+. The highest BCUT2D eigenvalue weighted by Crippen LogP contribution is 2.29. The first kappa shape index (κ1) is 27.5. The molecule has 0 amide bonds. The quantitative estimate of drug-likeness (QED) is 0.152. The van der Waals surface area contributed by atoms with E-state index in [0.29, 0.717) is 40.0 Å². The molecule has 8 heteroatoms. The van der Waals surface area contributed by atoms with E-state index in [1.807, 2.05) is 13.8 Å². The van der Waals surface area contributed by atoms with Gasteiger partial charge in [-0.05, 0) is 62.2 Å². The van der Waals surface area contributed by atoms with Gasteiger partial charge in [-0.15, -0.1) is 0 Å². The minimum absolute atomic E-state index is 0.0947. The number of anilines is 1. The Labute approximate surface area is 217 Å². The van der Waals surface area contributed by atoms with Crippen LogP contribution in [0.4, 0.5) is 10.2 Å². The molecule has 0 fully saturated rings. The molecule has 0 atom stereocenters. The van der Waals surface area contributed by atoms with Crippen molar-refractivity contribution >= 4 is 16.6 Å². The molecule has 0 spiro atoms. The number of benzene rings is 1. The summed E-state index contributed by atoms with van der Waals surface area (Å²) in [6.45, 7) is 12.4. The zero-order valence-electron chi connectivity index (χ0n) is 21.6. The number of nitrogens with one attached hydrogen (secondary N) is 2. The van der Waals surface area contributed by atoms with Crippen molar-refractivity contribution < 1.29 is 4.39 Å². The van der Waals surface area contributed by atoms with Crippen molar-refractivity contribution in [3.63, 3.8) is 0 Å². The number of hydrogen-bond acceptors (Lipinski definition) is 6. The number of aryl methyl sites for hydroxylation is 1. The summed E-state index contributed by atoms with van der Waals surface area (Å²) in [6.07, 6.45) is 6.78. The van der Waals surface area contributed by atoms with Crippen molar-refractivity contribution in [3.05, 3.63) is 88.1 Å². The fourth-order valence-corrected chi connectivity index (χ4v) is 3.90. The van der Waals surface area contributed by atoms with E-state index in [4.69, 9.17) is 0 Å². The summed E-state index contributed by atoms with van der Waals surface area (Å²) in [5, 5.41) is 21.2. The van der Waals surface area contributed by atoms with Crippen LogP contribution in [0.5, 0.6) is 0 Å². The Kier molecular flexibility index (Phi) is 9.87. The van der Waals surface area contributed by atoms with Crippen molar-refractivity contribution in [2.45, 2.75) is 40.2 Å². The van der Waals surface area contributed by atoms with Gasteiger partial charge < -0.3 is 10.6 Å². The fraction of sp³-hybridized carbons (Fsp3) is 0.310. The molecule has 37 heavy (non-hydrogen) atoms. The van der Waals surface area contributed by atoms with Gasteiger partial charge in [0.05, 0.1) is 23.6 Å². The van der Waals surface area contributed by atoms with Gasteiger partial charge in [0.15, 0.2) is 0 Å².